The summed E-state index contributed by atoms with van der Waals surface area (Å²) in [4.78, 5) is 22.7. The minimum absolute atomic E-state index is 0.113. The summed E-state index contributed by atoms with van der Waals surface area (Å²) in [6, 6.07) is 2.71. The van der Waals surface area contributed by atoms with Crippen LogP contribution in [0.1, 0.15) is 43.0 Å². The standard InChI is InChI=1S/C14H19NO3/c1-10-4-2-3-5-11(10)8-15-9-12(14(17)18)6-7-13(15)16/h6-7,9-11H,2-5,8H2,1H3,(H,17,18). The summed E-state index contributed by atoms with van der Waals surface area (Å²) < 4.78 is 1.55. The number of aromatic nitrogens is 1. The summed E-state index contributed by atoms with van der Waals surface area (Å²) >= 11 is 0. The van der Waals surface area contributed by atoms with Gasteiger partial charge in [-0.25, -0.2) is 4.79 Å². The molecule has 2 rings (SSSR count). The van der Waals surface area contributed by atoms with E-state index in [1.807, 2.05) is 0 Å². The summed E-state index contributed by atoms with van der Waals surface area (Å²) in [6.07, 6.45) is 6.28. The first-order chi connectivity index (χ1) is 8.58. The fourth-order valence-electron chi connectivity index (χ4n) is 2.72. The molecule has 0 saturated heterocycles. The molecule has 0 aromatic carbocycles. The summed E-state index contributed by atoms with van der Waals surface area (Å²) in [7, 11) is 0. The van der Waals surface area contributed by atoms with Gasteiger partial charge >= 0.3 is 5.97 Å². The monoisotopic (exact) mass is 249 g/mol. The van der Waals surface area contributed by atoms with Crippen LogP contribution in [0.2, 0.25) is 0 Å². The van der Waals surface area contributed by atoms with Crippen LogP contribution in [0.5, 0.6) is 0 Å². The summed E-state index contributed by atoms with van der Waals surface area (Å²) in [5.41, 5.74) is 0.0656. The van der Waals surface area contributed by atoms with Crippen LogP contribution in [0.3, 0.4) is 0 Å². The molecule has 1 aliphatic carbocycles. The number of aromatic carboxylic acids is 1. The van der Waals surface area contributed by atoms with Crippen molar-refractivity contribution in [1.29, 1.82) is 0 Å². The summed E-state index contributed by atoms with van der Waals surface area (Å²) in [5, 5.41) is 8.94. The molecule has 18 heavy (non-hydrogen) atoms. The molecule has 2 unspecified atom stereocenters. The molecule has 0 radical (unpaired) electrons. The van der Waals surface area contributed by atoms with Gasteiger partial charge in [0.05, 0.1) is 5.56 Å². The smallest absolute Gasteiger partial charge is 0.337 e. The zero-order chi connectivity index (χ0) is 13.1. The molecular weight excluding hydrogens is 230 g/mol. The number of nitrogens with zero attached hydrogens (tertiary/aromatic N) is 1. The second kappa shape index (κ2) is 5.38. The molecule has 1 saturated carbocycles. The number of hydrogen-bond acceptors (Lipinski definition) is 2. The van der Waals surface area contributed by atoms with Crippen LogP contribution in [-0.2, 0) is 6.54 Å². The van der Waals surface area contributed by atoms with Crippen molar-refractivity contribution in [3.63, 3.8) is 0 Å². The van der Waals surface area contributed by atoms with Gasteiger partial charge in [0.1, 0.15) is 0 Å². The molecule has 1 aromatic rings. The number of rotatable bonds is 3. The third kappa shape index (κ3) is 2.81. The van der Waals surface area contributed by atoms with Crippen LogP contribution in [0.15, 0.2) is 23.1 Å². The highest BCUT2D eigenvalue weighted by Gasteiger charge is 2.22. The fourth-order valence-corrected chi connectivity index (χ4v) is 2.72. The summed E-state index contributed by atoms with van der Waals surface area (Å²) in [5.74, 6) is 0.111. The molecular formula is C14H19NO3. The van der Waals surface area contributed by atoms with Crippen LogP contribution in [0, 0.1) is 11.8 Å². The molecule has 4 nitrogen and oxygen atoms in total. The van der Waals surface area contributed by atoms with Crippen LogP contribution in [0.4, 0.5) is 0 Å². The highest BCUT2D eigenvalue weighted by Crippen LogP contribution is 2.30. The van der Waals surface area contributed by atoms with E-state index in [-0.39, 0.29) is 11.1 Å². The Balaban J connectivity index is 2.19. The van der Waals surface area contributed by atoms with Gasteiger partial charge in [-0.2, -0.15) is 0 Å². The van der Waals surface area contributed by atoms with Gasteiger partial charge in [-0.15, -0.1) is 0 Å². The van der Waals surface area contributed by atoms with Gasteiger partial charge in [0.25, 0.3) is 5.56 Å². The van der Waals surface area contributed by atoms with E-state index in [0.29, 0.717) is 18.4 Å². The van der Waals surface area contributed by atoms with Crippen molar-refractivity contribution in [2.75, 3.05) is 0 Å². The quantitative estimate of drug-likeness (QED) is 0.894. The van der Waals surface area contributed by atoms with E-state index in [4.69, 9.17) is 5.11 Å². The Bertz CT molecular complexity index is 492. The Kier molecular flexibility index (Phi) is 3.84. The first kappa shape index (κ1) is 12.9. The molecule has 1 heterocycles. The lowest BCUT2D eigenvalue weighted by Gasteiger charge is -2.29. The van der Waals surface area contributed by atoms with Crippen molar-refractivity contribution in [2.24, 2.45) is 11.8 Å². The van der Waals surface area contributed by atoms with Gasteiger partial charge in [0, 0.05) is 18.8 Å². The van der Waals surface area contributed by atoms with E-state index in [0.717, 1.165) is 6.42 Å². The fraction of sp³-hybridized carbons (Fsp3) is 0.571. The first-order valence-electron chi connectivity index (χ1n) is 6.51. The Hall–Kier alpha value is -1.58. The van der Waals surface area contributed by atoms with Crippen molar-refractivity contribution in [2.45, 2.75) is 39.2 Å². The topological polar surface area (TPSA) is 59.3 Å². The number of hydrogen-bond donors (Lipinski definition) is 1. The number of pyridine rings is 1. The van der Waals surface area contributed by atoms with Gasteiger partial charge in [-0.1, -0.05) is 26.2 Å². The van der Waals surface area contributed by atoms with E-state index >= 15 is 0 Å². The number of carboxylic acid groups (broad SMARTS) is 1. The largest absolute Gasteiger partial charge is 0.478 e. The minimum Gasteiger partial charge on any atom is -0.478 e. The van der Waals surface area contributed by atoms with Crippen LogP contribution in [-0.4, -0.2) is 15.6 Å². The third-order valence-electron chi connectivity index (χ3n) is 3.95. The Morgan fingerprint density at radius 2 is 2.11 bits per heavy atom. The maximum absolute atomic E-state index is 11.7. The van der Waals surface area contributed by atoms with Crippen molar-refractivity contribution in [3.8, 4) is 0 Å². The lowest BCUT2D eigenvalue weighted by Crippen LogP contribution is -2.28. The molecule has 1 N–H and O–H groups in total. The van der Waals surface area contributed by atoms with E-state index in [1.165, 1.54) is 37.6 Å². The highest BCUT2D eigenvalue weighted by atomic mass is 16.4. The SMILES string of the molecule is CC1CCCCC1Cn1cc(C(=O)O)ccc1=O. The van der Waals surface area contributed by atoms with Gasteiger partial charge in [-0.3, -0.25) is 4.79 Å². The molecule has 1 aliphatic rings. The van der Waals surface area contributed by atoms with Crippen LogP contribution < -0.4 is 5.56 Å². The Morgan fingerprint density at radius 1 is 1.39 bits per heavy atom. The van der Waals surface area contributed by atoms with Crippen LogP contribution in [0.25, 0.3) is 0 Å². The zero-order valence-electron chi connectivity index (χ0n) is 10.6. The molecule has 4 heteroatoms. The zero-order valence-corrected chi connectivity index (χ0v) is 10.6. The van der Waals surface area contributed by atoms with Gasteiger partial charge < -0.3 is 9.67 Å². The second-order valence-corrected chi connectivity index (χ2v) is 5.24. The Labute approximate surface area is 106 Å². The molecule has 0 aliphatic heterocycles. The van der Waals surface area contributed by atoms with E-state index < -0.39 is 5.97 Å². The van der Waals surface area contributed by atoms with Crippen molar-refractivity contribution in [3.05, 3.63) is 34.2 Å². The maximum Gasteiger partial charge on any atom is 0.337 e. The van der Waals surface area contributed by atoms with Gasteiger partial charge in [0.15, 0.2) is 0 Å². The lowest BCUT2D eigenvalue weighted by molar-refractivity contribution is 0.0695. The van der Waals surface area contributed by atoms with Crippen LogP contribution >= 0.6 is 0 Å². The Morgan fingerprint density at radius 3 is 2.78 bits per heavy atom. The second-order valence-electron chi connectivity index (χ2n) is 5.24. The minimum atomic E-state index is -0.986. The molecule has 98 valence electrons. The van der Waals surface area contributed by atoms with Crippen molar-refractivity contribution >= 4 is 5.97 Å². The molecule has 2 atom stereocenters. The summed E-state index contributed by atoms with van der Waals surface area (Å²) in [6.45, 7) is 2.86. The maximum atomic E-state index is 11.7. The molecule has 1 fully saturated rings. The van der Waals surface area contributed by atoms with Gasteiger partial charge in [0.2, 0.25) is 0 Å². The third-order valence-corrected chi connectivity index (χ3v) is 3.95. The molecule has 0 amide bonds. The predicted molar refractivity (Wildman–Crippen MR) is 68.8 cm³/mol. The molecule has 0 bridgehead atoms. The van der Waals surface area contributed by atoms with Crippen molar-refractivity contribution < 1.29 is 9.90 Å². The molecule has 0 spiro atoms. The first-order valence-corrected chi connectivity index (χ1v) is 6.51. The number of carboxylic acids is 1. The highest BCUT2D eigenvalue weighted by molar-refractivity contribution is 5.87. The van der Waals surface area contributed by atoms with E-state index in [9.17, 15) is 9.59 Å². The number of carbonyl (C=O) groups is 1. The molecule has 1 aromatic heterocycles. The van der Waals surface area contributed by atoms with E-state index in [1.54, 1.807) is 4.57 Å². The van der Waals surface area contributed by atoms with E-state index in [2.05, 4.69) is 6.92 Å². The lowest BCUT2D eigenvalue weighted by atomic mass is 9.80. The average molecular weight is 249 g/mol. The normalized spacial score (nSPS) is 23.8. The predicted octanol–water partition coefficient (Wildman–Crippen LogP) is 2.37. The van der Waals surface area contributed by atoms with Gasteiger partial charge in [-0.05, 0) is 24.3 Å². The average Bonchev–Trinajstić information content (AvgIpc) is 2.34. The van der Waals surface area contributed by atoms with Crippen molar-refractivity contribution in [1.82, 2.24) is 4.57 Å².